The lowest BCUT2D eigenvalue weighted by atomic mass is 10.1. The SMILES string of the molecule is CCCOC(=O)[C@H](C)NP(=O)(OC[C@H]1O[C@@H](n2ccc(=O)[nH]c2=O)[C@@](F)(Cl)[C@@H]1O)Oc1ccccc1. The topological polar surface area (TPSA) is 158 Å². The molecular formula is C21H26ClFN3O9P. The molecule has 1 unspecified atom stereocenters. The number of benzene rings is 1. The highest BCUT2D eigenvalue weighted by atomic mass is 35.5. The molecule has 0 radical (unpaired) electrons. The fourth-order valence-corrected chi connectivity index (χ4v) is 5.02. The van der Waals surface area contributed by atoms with Crippen LogP contribution in [-0.2, 0) is 23.4 Å². The third kappa shape index (κ3) is 6.61. The molecule has 0 amide bonds. The van der Waals surface area contributed by atoms with Crippen molar-refractivity contribution in [3.63, 3.8) is 0 Å². The average Bonchev–Trinajstić information content (AvgIpc) is 3.05. The van der Waals surface area contributed by atoms with E-state index in [2.05, 4.69) is 5.09 Å². The van der Waals surface area contributed by atoms with Gasteiger partial charge in [-0.25, -0.2) is 13.8 Å². The number of carbonyl (C=O) groups excluding carboxylic acids is 1. The predicted octanol–water partition coefficient (Wildman–Crippen LogP) is 1.83. The Bertz CT molecular complexity index is 1210. The van der Waals surface area contributed by atoms with Crippen LogP contribution in [0.3, 0.4) is 0 Å². The van der Waals surface area contributed by atoms with E-state index < -0.39 is 61.2 Å². The second kappa shape index (κ2) is 11.7. The molecule has 12 nitrogen and oxygen atoms in total. The Hall–Kier alpha value is -2.54. The largest absolute Gasteiger partial charge is 0.465 e. The zero-order valence-electron chi connectivity index (χ0n) is 19.3. The van der Waals surface area contributed by atoms with E-state index in [4.69, 9.17) is 30.1 Å². The van der Waals surface area contributed by atoms with Crippen LogP contribution in [0.5, 0.6) is 5.75 Å². The van der Waals surface area contributed by atoms with Crippen LogP contribution in [0.15, 0.2) is 52.2 Å². The molecule has 1 aliphatic rings. The normalized spacial score (nSPS) is 26.2. The molecule has 0 aliphatic carbocycles. The molecule has 1 aliphatic heterocycles. The van der Waals surface area contributed by atoms with Crippen molar-refractivity contribution < 1.29 is 37.4 Å². The van der Waals surface area contributed by atoms with Crippen LogP contribution in [0.2, 0.25) is 0 Å². The number of aliphatic hydroxyl groups is 1. The highest BCUT2D eigenvalue weighted by Crippen LogP contribution is 2.48. The molecule has 1 aromatic heterocycles. The minimum atomic E-state index is -4.34. The van der Waals surface area contributed by atoms with Gasteiger partial charge in [-0.2, -0.15) is 5.09 Å². The molecule has 198 valence electrons. The number of carbonyl (C=O) groups is 1. The van der Waals surface area contributed by atoms with Gasteiger partial charge >= 0.3 is 19.4 Å². The maximum absolute atomic E-state index is 15.2. The number of alkyl halides is 2. The number of nitrogens with one attached hydrogen (secondary N) is 2. The zero-order valence-corrected chi connectivity index (χ0v) is 21.0. The third-order valence-corrected chi connectivity index (χ3v) is 7.07. The molecule has 3 N–H and O–H groups in total. The van der Waals surface area contributed by atoms with Gasteiger partial charge < -0.3 is 19.1 Å². The number of hydrogen-bond donors (Lipinski definition) is 3. The number of rotatable bonds is 11. The van der Waals surface area contributed by atoms with Gasteiger partial charge in [0.25, 0.3) is 10.7 Å². The first kappa shape index (κ1) is 28.0. The second-order valence-corrected chi connectivity index (χ2v) is 10.2. The number of ether oxygens (including phenoxy) is 2. The van der Waals surface area contributed by atoms with Crippen LogP contribution in [0, 0.1) is 0 Å². The molecular weight excluding hydrogens is 524 g/mol. The molecule has 36 heavy (non-hydrogen) atoms. The molecule has 2 aromatic rings. The quantitative estimate of drug-likeness (QED) is 0.214. The van der Waals surface area contributed by atoms with E-state index in [1.165, 1.54) is 19.1 Å². The van der Waals surface area contributed by atoms with Crippen LogP contribution in [0.25, 0.3) is 0 Å². The van der Waals surface area contributed by atoms with Crippen LogP contribution in [0.1, 0.15) is 26.5 Å². The zero-order chi connectivity index (χ0) is 26.5. The van der Waals surface area contributed by atoms with E-state index in [1.54, 1.807) is 25.1 Å². The fraction of sp³-hybridized carbons (Fsp3) is 0.476. The van der Waals surface area contributed by atoms with Gasteiger partial charge in [0.05, 0.1) is 13.2 Å². The lowest BCUT2D eigenvalue weighted by molar-refractivity contribution is -0.145. The standard InChI is InChI=1S/C21H26ClFN3O9P/c1-3-11-32-18(29)13(2)25-36(31,35-14-7-5-4-6-8-14)33-12-15-17(28)21(22,23)19(34-15)26-10-9-16(27)24-20(26)30/h4-10,13,15,17,19,28H,3,11-12H2,1-2H3,(H,25,31)(H,24,27,30)/t13-,15+,17+,19+,21+,36?/m0/s1. The summed E-state index contributed by atoms with van der Waals surface area (Å²) >= 11 is 5.85. The molecule has 0 saturated carbocycles. The highest BCUT2D eigenvalue weighted by molar-refractivity contribution is 7.52. The van der Waals surface area contributed by atoms with Crippen molar-refractivity contribution in [2.45, 2.75) is 49.9 Å². The second-order valence-electron chi connectivity index (χ2n) is 7.88. The summed E-state index contributed by atoms with van der Waals surface area (Å²) in [5.74, 6) is -0.583. The van der Waals surface area contributed by atoms with Crippen molar-refractivity contribution in [2.24, 2.45) is 0 Å². The molecule has 1 fully saturated rings. The Labute approximate surface area is 209 Å². The molecule has 2 heterocycles. The van der Waals surface area contributed by atoms with Gasteiger partial charge in [-0.15, -0.1) is 0 Å². The van der Waals surface area contributed by atoms with Crippen LogP contribution < -0.4 is 20.9 Å². The number of hydrogen-bond acceptors (Lipinski definition) is 9. The number of para-hydroxylation sites is 1. The summed E-state index contributed by atoms with van der Waals surface area (Å²) in [6.45, 7) is 2.62. The van der Waals surface area contributed by atoms with Gasteiger partial charge in [0.2, 0.25) is 0 Å². The van der Waals surface area contributed by atoms with Crippen LogP contribution in [-0.4, -0.2) is 57.2 Å². The van der Waals surface area contributed by atoms with E-state index >= 15 is 4.39 Å². The van der Waals surface area contributed by atoms with Gasteiger partial charge in [-0.05, 0) is 25.5 Å². The smallest absolute Gasteiger partial charge is 0.459 e. The minimum absolute atomic E-state index is 0.130. The summed E-state index contributed by atoms with van der Waals surface area (Å²) < 4.78 is 50.7. The van der Waals surface area contributed by atoms with E-state index in [9.17, 15) is 24.1 Å². The Morgan fingerprint density at radius 3 is 2.69 bits per heavy atom. The van der Waals surface area contributed by atoms with Gasteiger partial charge in [-0.1, -0.05) is 36.7 Å². The van der Waals surface area contributed by atoms with Crippen molar-refractivity contribution in [3.8, 4) is 5.75 Å². The average molecular weight is 550 g/mol. The number of halogens is 2. The molecule has 0 bridgehead atoms. The molecule has 3 rings (SSSR count). The number of H-pyrrole nitrogens is 1. The number of aromatic amines is 1. The van der Waals surface area contributed by atoms with Gasteiger partial charge in [0.1, 0.15) is 24.0 Å². The first-order valence-electron chi connectivity index (χ1n) is 10.9. The van der Waals surface area contributed by atoms with E-state index in [0.717, 1.165) is 12.3 Å². The summed E-state index contributed by atoms with van der Waals surface area (Å²) in [4.78, 5) is 37.5. The molecule has 1 aromatic carbocycles. The lowest BCUT2D eigenvalue weighted by Gasteiger charge is -2.24. The van der Waals surface area contributed by atoms with Crippen molar-refractivity contribution in [1.82, 2.24) is 14.6 Å². The van der Waals surface area contributed by atoms with Gasteiger partial charge in [-0.3, -0.25) is 23.7 Å². The third-order valence-electron chi connectivity index (χ3n) is 5.01. The Morgan fingerprint density at radius 1 is 1.36 bits per heavy atom. The maximum atomic E-state index is 15.2. The lowest BCUT2D eigenvalue weighted by Crippen LogP contribution is -2.42. The number of aromatic nitrogens is 2. The summed E-state index contributed by atoms with van der Waals surface area (Å²) in [5.41, 5.74) is -1.76. The monoisotopic (exact) mass is 549 g/mol. The van der Waals surface area contributed by atoms with Crippen molar-refractivity contribution >= 4 is 25.3 Å². The van der Waals surface area contributed by atoms with Gasteiger partial charge in [0.15, 0.2) is 6.23 Å². The maximum Gasteiger partial charge on any atom is 0.459 e. The summed E-state index contributed by atoms with van der Waals surface area (Å²) in [6, 6.07) is 7.71. The van der Waals surface area contributed by atoms with Crippen molar-refractivity contribution in [2.75, 3.05) is 13.2 Å². The van der Waals surface area contributed by atoms with E-state index in [-0.39, 0.29) is 12.4 Å². The fourth-order valence-electron chi connectivity index (χ4n) is 3.22. The number of esters is 1. The first-order valence-corrected chi connectivity index (χ1v) is 12.9. The Kier molecular flexibility index (Phi) is 9.09. The van der Waals surface area contributed by atoms with Gasteiger partial charge in [0, 0.05) is 12.3 Å². The summed E-state index contributed by atoms with van der Waals surface area (Å²) in [6.07, 6.45) is -3.88. The van der Waals surface area contributed by atoms with Crippen molar-refractivity contribution in [1.29, 1.82) is 0 Å². The first-order chi connectivity index (χ1) is 17.0. The predicted molar refractivity (Wildman–Crippen MR) is 125 cm³/mol. The Balaban J connectivity index is 1.78. The van der Waals surface area contributed by atoms with E-state index in [1.807, 2.05) is 4.98 Å². The Morgan fingerprint density at radius 2 is 2.06 bits per heavy atom. The number of nitrogens with zero attached hydrogens (tertiary/aromatic N) is 1. The van der Waals surface area contributed by atoms with Crippen LogP contribution >= 0.6 is 19.3 Å². The van der Waals surface area contributed by atoms with Crippen LogP contribution in [0.4, 0.5) is 4.39 Å². The molecule has 0 spiro atoms. The van der Waals surface area contributed by atoms with Crippen molar-refractivity contribution in [3.05, 3.63) is 63.4 Å². The molecule has 1 saturated heterocycles. The number of aliphatic hydroxyl groups excluding tert-OH is 1. The molecule has 6 atom stereocenters. The minimum Gasteiger partial charge on any atom is -0.465 e. The summed E-state index contributed by atoms with van der Waals surface area (Å²) in [7, 11) is -4.34. The van der Waals surface area contributed by atoms with E-state index in [0.29, 0.717) is 11.0 Å². The highest BCUT2D eigenvalue weighted by Gasteiger charge is 2.58. The summed E-state index contributed by atoms with van der Waals surface area (Å²) in [5, 5.41) is 9.86. The molecule has 15 heteroatoms.